The lowest BCUT2D eigenvalue weighted by atomic mass is 10.1. The number of halogens is 1. The van der Waals surface area contributed by atoms with Gasteiger partial charge in [0.2, 0.25) is 5.91 Å². The van der Waals surface area contributed by atoms with Crippen molar-refractivity contribution in [3.05, 3.63) is 29.3 Å². The van der Waals surface area contributed by atoms with Crippen LogP contribution in [0.5, 0.6) is 0 Å². The molecule has 8 heteroatoms. The number of likely N-dealkylation sites (N-methyl/N-ethyl adjacent to an activating group) is 1. The Hall–Kier alpha value is -1.99. The van der Waals surface area contributed by atoms with Gasteiger partial charge < -0.3 is 25.2 Å². The molecule has 0 radical (unpaired) electrons. The van der Waals surface area contributed by atoms with Gasteiger partial charge in [0.1, 0.15) is 6.54 Å². The number of carbonyl (C=O) groups excluding carboxylic acids is 1. The highest BCUT2D eigenvalue weighted by atomic mass is 35.5. The Bertz CT molecular complexity index is 689. The molecule has 3 rings (SSSR count). The second-order valence-corrected chi connectivity index (χ2v) is 8.31. The summed E-state index contributed by atoms with van der Waals surface area (Å²) in [7, 11) is 3.49. The molecule has 2 N–H and O–H groups in total. The Morgan fingerprint density at radius 3 is 2.76 bits per heavy atom. The number of anilines is 1. The van der Waals surface area contributed by atoms with Crippen molar-refractivity contribution in [1.29, 1.82) is 0 Å². The van der Waals surface area contributed by atoms with Gasteiger partial charge in [-0.3, -0.25) is 4.79 Å². The topological polar surface area (TPSA) is 69.2 Å². The average molecular weight is 422 g/mol. The lowest BCUT2D eigenvalue weighted by Gasteiger charge is -2.25. The van der Waals surface area contributed by atoms with Gasteiger partial charge >= 0.3 is 0 Å². The molecule has 2 atom stereocenters. The summed E-state index contributed by atoms with van der Waals surface area (Å²) in [5, 5.41) is 7.63. The Labute approximate surface area is 178 Å². The molecule has 1 amide bonds. The molecule has 0 bridgehead atoms. The Kier molecular flexibility index (Phi) is 8.00. The summed E-state index contributed by atoms with van der Waals surface area (Å²) in [6, 6.07) is 8.20. The van der Waals surface area contributed by atoms with E-state index >= 15 is 0 Å². The van der Waals surface area contributed by atoms with Gasteiger partial charge in [-0.15, -0.1) is 0 Å². The standard InChI is InChI=1S/C21H32ClN5O2/c1-26(2)20(28)14-24-21(23-13-19-5-3-4-12-29-19)25-17-10-11-27(15-17)18-8-6-16(22)7-9-18/h6-9,17,19H,3-5,10-15H2,1-2H3,(H2,23,24,25). The van der Waals surface area contributed by atoms with Gasteiger partial charge in [-0.25, -0.2) is 4.99 Å². The molecule has 1 aromatic carbocycles. The molecule has 2 aliphatic heterocycles. The number of hydrogen-bond donors (Lipinski definition) is 2. The summed E-state index contributed by atoms with van der Waals surface area (Å²) in [4.78, 5) is 20.4. The number of benzene rings is 1. The highest BCUT2D eigenvalue weighted by molar-refractivity contribution is 6.30. The maximum Gasteiger partial charge on any atom is 0.243 e. The molecule has 1 aromatic rings. The van der Waals surface area contributed by atoms with E-state index < -0.39 is 0 Å². The van der Waals surface area contributed by atoms with Crippen molar-refractivity contribution in [2.24, 2.45) is 4.99 Å². The normalized spacial score (nSPS) is 22.4. The highest BCUT2D eigenvalue weighted by Crippen LogP contribution is 2.22. The third kappa shape index (κ3) is 6.78. The van der Waals surface area contributed by atoms with Crippen LogP contribution in [-0.4, -0.2) is 75.8 Å². The number of carbonyl (C=O) groups is 1. The van der Waals surface area contributed by atoms with Crippen LogP contribution in [0.4, 0.5) is 5.69 Å². The number of ether oxygens (including phenoxy) is 1. The average Bonchev–Trinajstić information content (AvgIpc) is 3.19. The second kappa shape index (κ2) is 10.7. The van der Waals surface area contributed by atoms with Crippen molar-refractivity contribution >= 4 is 29.2 Å². The zero-order valence-corrected chi connectivity index (χ0v) is 18.1. The number of amides is 1. The van der Waals surface area contributed by atoms with Gasteiger partial charge in [-0.05, 0) is 49.9 Å². The first-order valence-corrected chi connectivity index (χ1v) is 10.8. The number of aliphatic imine (C=N–C) groups is 1. The van der Waals surface area contributed by atoms with E-state index in [1.54, 1.807) is 19.0 Å². The van der Waals surface area contributed by atoms with Gasteiger partial charge in [0, 0.05) is 57.1 Å². The Balaban J connectivity index is 1.57. The first-order valence-electron chi connectivity index (χ1n) is 10.4. The number of nitrogens with zero attached hydrogens (tertiary/aromatic N) is 3. The van der Waals surface area contributed by atoms with Gasteiger partial charge in [-0.1, -0.05) is 11.6 Å². The first kappa shape index (κ1) is 21.7. The number of rotatable bonds is 6. The van der Waals surface area contributed by atoms with Crippen LogP contribution in [0.3, 0.4) is 0 Å². The molecule has 2 saturated heterocycles. The van der Waals surface area contributed by atoms with Crippen LogP contribution in [0.15, 0.2) is 29.3 Å². The molecule has 29 heavy (non-hydrogen) atoms. The van der Waals surface area contributed by atoms with E-state index in [4.69, 9.17) is 16.3 Å². The molecule has 0 aromatic heterocycles. The fourth-order valence-electron chi connectivity index (χ4n) is 3.58. The molecule has 7 nitrogen and oxygen atoms in total. The SMILES string of the molecule is CN(C)C(=O)CN=C(NCC1CCCCO1)NC1CCN(c2ccc(Cl)cc2)C1. The lowest BCUT2D eigenvalue weighted by Crippen LogP contribution is -2.47. The molecule has 2 unspecified atom stereocenters. The van der Waals surface area contributed by atoms with Gasteiger partial charge in [-0.2, -0.15) is 0 Å². The number of nitrogens with one attached hydrogen (secondary N) is 2. The quantitative estimate of drug-likeness (QED) is 0.544. The summed E-state index contributed by atoms with van der Waals surface area (Å²) >= 11 is 6.00. The third-order valence-electron chi connectivity index (χ3n) is 5.36. The molecule has 0 aliphatic carbocycles. The minimum Gasteiger partial charge on any atom is -0.376 e. The van der Waals surface area contributed by atoms with Crippen molar-refractivity contribution in [3.63, 3.8) is 0 Å². The summed E-state index contributed by atoms with van der Waals surface area (Å²) < 4.78 is 5.81. The molecule has 2 fully saturated rings. The Morgan fingerprint density at radius 1 is 1.28 bits per heavy atom. The maximum atomic E-state index is 12.0. The molecule has 0 saturated carbocycles. The fraction of sp³-hybridized carbons (Fsp3) is 0.619. The van der Waals surface area contributed by atoms with Crippen LogP contribution in [0.2, 0.25) is 5.02 Å². The van der Waals surface area contributed by atoms with E-state index in [1.165, 1.54) is 12.1 Å². The van der Waals surface area contributed by atoms with Gasteiger partial charge in [0.25, 0.3) is 0 Å². The van der Waals surface area contributed by atoms with Crippen LogP contribution in [0.1, 0.15) is 25.7 Å². The molecule has 160 valence electrons. The second-order valence-electron chi connectivity index (χ2n) is 7.87. The summed E-state index contributed by atoms with van der Waals surface area (Å²) in [5.74, 6) is 0.659. The van der Waals surface area contributed by atoms with E-state index in [0.717, 1.165) is 44.0 Å². The summed E-state index contributed by atoms with van der Waals surface area (Å²) in [6.45, 7) is 3.50. The highest BCUT2D eigenvalue weighted by Gasteiger charge is 2.24. The zero-order valence-electron chi connectivity index (χ0n) is 17.4. The van der Waals surface area contributed by atoms with E-state index in [2.05, 4.69) is 20.5 Å². The Morgan fingerprint density at radius 2 is 2.07 bits per heavy atom. The van der Waals surface area contributed by atoms with Crippen LogP contribution in [0, 0.1) is 0 Å². The minimum absolute atomic E-state index is 0.0192. The van der Waals surface area contributed by atoms with Crippen LogP contribution in [0.25, 0.3) is 0 Å². The number of hydrogen-bond acceptors (Lipinski definition) is 4. The van der Waals surface area contributed by atoms with Gasteiger partial charge in [0.05, 0.1) is 6.10 Å². The maximum absolute atomic E-state index is 12.0. The van der Waals surface area contributed by atoms with E-state index in [1.807, 2.05) is 24.3 Å². The van der Waals surface area contributed by atoms with E-state index in [-0.39, 0.29) is 24.6 Å². The molecular weight excluding hydrogens is 390 g/mol. The van der Waals surface area contributed by atoms with Gasteiger partial charge in [0.15, 0.2) is 5.96 Å². The minimum atomic E-state index is -0.0192. The van der Waals surface area contributed by atoms with Crippen molar-refractivity contribution in [2.75, 3.05) is 51.8 Å². The summed E-state index contributed by atoms with van der Waals surface area (Å²) in [5.41, 5.74) is 1.17. The predicted molar refractivity (Wildman–Crippen MR) is 118 cm³/mol. The zero-order chi connectivity index (χ0) is 20.6. The third-order valence-corrected chi connectivity index (χ3v) is 5.62. The monoisotopic (exact) mass is 421 g/mol. The van der Waals surface area contributed by atoms with Crippen molar-refractivity contribution in [3.8, 4) is 0 Å². The fourth-order valence-corrected chi connectivity index (χ4v) is 3.70. The van der Waals surface area contributed by atoms with Crippen LogP contribution in [-0.2, 0) is 9.53 Å². The largest absolute Gasteiger partial charge is 0.376 e. The molecule has 2 heterocycles. The smallest absolute Gasteiger partial charge is 0.243 e. The summed E-state index contributed by atoms with van der Waals surface area (Å²) in [6.07, 6.45) is 4.60. The lowest BCUT2D eigenvalue weighted by molar-refractivity contribution is -0.127. The van der Waals surface area contributed by atoms with Crippen LogP contribution < -0.4 is 15.5 Å². The van der Waals surface area contributed by atoms with Crippen molar-refractivity contribution in [2.45, 2.75) is 37.8 Å². The first-order chi connectivity index (χ1) is 14.0. The van der Waals surface area contributed by atoms with Crippen LogP contribution >= 0.6 is 11.6 Å². The number of guanidine groups is 1. The molecular formula is C21H32ClN5O2. The van der Waals surface area contributed by atoms with E-state index in [9.17, 15) is 4.79 Å². The molecule has 0 spiro atoms. The van der Waals surface area contributed by atoms with Crippen molar-refractivity contribution in [1.82, 2.24) is 15.5 Å². The molecule has 2 aliphatic rings. The van der Waals surface area contributed by atoms with E-state index in [0.29, 0.717) is 12.5 Å². The predicted octanol–water partition coefficient (Wildman–Crippen LogP) is 2.11. The van der Waals surface area contributed by atoms with Crippen molar-refractivity contribution < 1.29 is 9.53 Å².